The zero-order valence-electron chi connectivity index (χ0n) is 13.0. The largest absolute Gasteiger partial charge is 0.378 e. The summed E-state index contributed by atoms with van der Waals surface area (Å²) >= 11 is 1.69. The summed E-state index contributed by atoms with van der Waals surface area (Å²) in [5.41, 5.74) is 0. The molecule has 2 aromatic heterocycles. The Morgan fingerprint density at radius 2 is 2.26 bits per heavy atom. The molecular weight excluding hydrogens is 310 g/mol. The van der Waals surface area contributed by atoms with E-state index in [0.717, 1.165) is 48.8 Å². The molecule has 2 fully saturated rings. The fraction of sp³-hybridized carbons (Fsp3) is 0.562. The first-order valence-corrected chi connectivity index (χ1v) is 9.03. The normalized spacial score (nSPS) is 22.2. The molecule has 1 N–H and O–H groups in total. The number of nitrogens with zero attached hydrogens (tertiary/aromatic N) is 4. The number of aromatic nitrogens is 3. The molecule has 0 spiro atoms. The number of morpholine rings is 1. The Bertz CT molecular complexity index is 631. The van der Waals surface area contributed by atoms with Crippen molar-refractivity contribution in [3.63, 3.8) is 0 Å². The van der Waals surface area contributed by atoms with E-state index < -0.39 is 0 Å². The lowest BCUT2D eigenvalue weighted by atomic mass is 10.2. The third kappa shape index (κ3) is 3.85. The van der Waals surface area contributed by atoms with Gasteiger partial charge in [-0.3, -0.25) is 4.90 Å². The molecule has 6 nitrogen and oxygen atoms in total. The zero-order chi connectivity index (χ0) is 15.5. The van der Waals surface area contributed by atoms with Gasteiger partial charge in [0.05, 0.1) is 25.8 Å². The highest BCUT2D eigenvalue weighted by Crippen LogP contribution is 2.29. The number of rotatable bonds is 6. The van der Waals surface area contributed by atoms with E-state index in [2.05, 4.69) is 20.2 Å². The van der Waals surface area contributed by atoms with E-state index in [9.17, 15) is 0 Å². The molecule has 23 heavy (non-hydrogen) atoms. The highest BCUT2D eigenvalue weighted by atomic mass is 32.1. The van der Waals surface area contributed by atoms with Crippen LogP contribution in [-0.2, 0) is 11.3 Å². The number of hydrogen-bond acceptors (Lipinski definition) is 7. The van der Waals surface area contributed by atoms with Gasteiger partial charge in [-0.25, -0.2) is 15.0 Å². The molecule has 2 aliphatic rings. The second kappa shape index (κ2) is 6.90. The molecule has 1 aliphatic heterocycles. The van der Waals surface area contributed by atoms with Crippen molar-refractivity contribution in [2.45, 2.75) is 25.4 Å². The summed E-state index contributed by atoms with van der Waals surface area (Å²) in [6.07, 6.45) is 6.37. The summed E-state index contributed by atoms with van der Waals surface area (Å²) in [7, 11) is 0. The van der Waals surface area contributed by atoms with Crippen LogP contribution in [0.15, 0.2) is 23.8 Å². The Kier molecular flexibility index (Phi) is 4.50. The monoisotopic (exact) mass is 331 g/mol. The number of ether oxygens (including phenoxy) is 1. The smallest absolute Gasteiger partial charge is 0.150 e. The molecule has 0 aromatic carbocycles. The second-order valence-corrected chi connectivity index (χ2v) is 7.09. The van der Waals surface area contributed by atoms with Gasteiger partial charge >= 0.3 is 0 Å². The van der Waals surface area contributed by atoms with E-state index in [1.807, 2.05) is 23.8 Å². The van der Waals surface area contributed by atoms with Gasteiger partial charge in [0, 0.05) is 30.9 Å². The Morgan fingerprint density at radius 3 is 3.09 bits per heavy atom. The standard InChI is InChI=1S/C16H21N5OS/c1-2-12(1)9-19-14-3-4-18-16(20-14)13-11-22-7-6-21(13)10-15-17-5-8-23-15/h3-5,8,12-13H,1-2,6-7,9-11H2,(H,18,19,20)/t13-/m0/s1. The van der Waals surface area contributed by atoms with Crippen LogP contribution in [0, 0.1) is 5.92 Å². The summed E-state index contributed by atoms with van der Waals surface area (Å²) in [6, 6.07) is 2.04. The van der Waals surface area contributed by atoms with Crippen molar-refractivity contribution < 1.29 is 4.74 Å². The predicted octanol–water partition coefficient (Wildman–Crippen LogP) is 2.33. The van der Waals surface area contributed by atoms with E-state index >= 15 is 0 Å². The second-order valence-electron chi connectivity index (χ2n) is 6.11. The van der Waals surface area contributed by atoms with Crippen LogP contribution in [0.4, 0.5) is 5.82 Å². The first kappa shape index (κ1) is 15.0. The number of nitrogens with one attached hydrogen (secondary N) is 1. The van der Waals surface area contributed by atoms with Crippen molar-refractivity contribution in [1.82, 2.24) is 19.9 Å². The highest BCUT2D eigenvalue weighted by Gasteiger charge is 2.28. The number of hydrogen-bond donors (Lipinski definition) is 1. The third-order valence-electron chi connectivity index (χ3n) is 4.30. The Balaban J connectivity index is 1.48. The van der Waals surface area contributed by atoms with Gasteiger partial charge in [0.2, 0.25) is 0 Å². The minimum atomic E-state index is 0.0929. The van der Waals surface area contributed by atoms with Crippen LogP contribution in [0.2, 0.25) is 0 Å². The predicted molar refractivity (Wildman–Crippen MR) is 89.3 cm³/mol. The van der Waals surface area contributed by atoms with Crippen LogP contribution in [0.1, 0.15) is 29.7 Å². The van der Waals surface area contributed by atoms with Gasteiger partial charge in [-0.15, -0.1) is 11.3 Å². The molecule has 7 heteroatoms. The molecule has 0 amide bonds. The maximum Gasteiger partial charge on any atom is 0.150 e. The van der Waals surface area contributed by atoms with Crippen molar-refractivity contribution >= 4 is 17.2 Å². The summed E-state index contributed by atoms with van der Waals surface area (Å²) in [5, 5.41) is 6.57. The van der Waals surface area contributed by atoms with Gasteiger partial charge in [0.1, 0.15) is 16.6 Å². The van der Waals surface area contributed by atoms with Gasteiger partial charge < -0.3 is 10.1 Å². The first-order chi connectivity index (χ1) is 11.4. The van der Waals surface area contributed by atoms with Crippen molar-refractivity contribution in [2.24, 2.45) is 5.92 Å². The third-order valence-corrected chi connectivity index (χ3v) is 5.07. The molecule has 4 rings (SSSR count). The van der Waals surface area contributed by atoms with E-state index in [4.69, 9.17) is 9.72 Å². The minimum Gasteiger partial charge on any atom is -0.378 e. The lowest BCUT2D eigenvalue weighted by Gasteiger charge is -2.33. The zero-order valence-corrected chi connectivity index (χ0v) is 13.8. The van der Waals surface area contributed by atoms with Crippen molar-refractivity contribution in [2.75, 3.05) is 31.6 Å². The quantitative estimate of drug-likeness (QED) is 0.876. The van der Waals surface area contributed by atoms with Crippen molar-refractivity contribution in [3.05, 3.63) is 34.7 Å². The molecule has 0 radical (unpaired) electrons. The average molecular weight is 331 g/mol. The molecule has 1 atom stereocenters. The van der Waals surface area contributed by atoms with Crippen LogP contribution in [0.5, 0.6) is 0 Å². The Hall–Kier alpha value is -1.57. The topological polar surface area (TPSA) is 63.2 Å². The summed E-state index contributed by atoms with van der Waals surface area (Å²) in [4.78, 5) is 16.0. The Labute approximate surface area is 139 Å². The molecule has 1 aliphatic carbocycles. The SMILES string of the molecule is c1cc(NCC2CC2)nc([C@@H]2COCCN2Cc2nccs2)n1. The van der Waals surface area contributed by atoms with Crippen LogP contribution >= 0.6 is 11.3 Å². The molecule has 1 saturated carbocycles. The molecule has 122 valence electrons. The van der Waals surface area contributed by atoms with Gasteiger partial charge in [-0.2, -0.15) is 0 Å². The number of anilines is 1. The average Bonchev–Trinajstić information content (AvgIpc) is 3.29. The van der Waals surface area contributed by atoms with Crippen LogP contribution < -0.4 is 5.32 Å². The fourth-order valence-corrected chi connectivity index (χ4v) is 3.41. The van der Waals surface area contributed by atoms with Crippen LogP contribution in [0.25, 0.3) is 0 Å². The van der Waals surface area contributed by atoms with Gasteiger partial charge in [0.15, 0.2) is 0 Å². The van der Waals surface area contributed by atoms with E-state index in [1.54, 1.807) is 11.3 Å². The van der Waals surface area contributed by atoms with Crippen LogP contribution in [0.3, 0.4) is 0 Å². The van der Waals surface area contributed by atoms with E-state index in [-0.39, 0.29) is 6.04 Å². The van der Waals surface area contributed by atoms with Gasteiger partial charge in [-0.1, -0.05) is 0 Å². The molecule has 0 unspecified atom stereocenters. The minimum absolute atomic E-state index is 0.0929. The maximum atomic E-state index is 5.67. The molecule has 1 saturated heterocycles. The van der Waals surface area contributed by atoms with E-state index in [0.29, 0.717) is 6.61 Å². The van der Waals surface area contributed by atoms with Gasteiger partial charge in [-0.05, 0) is 24.8 Å². The highest BCUT2D eigenvalue weighted by molar-refractivity contribution is 7.09. The number of thiazole rings is 1. The van der Waals surface area contributed by atoms with Gasteiger partial charge in [0.25, 0.3) is 0 Å². The molecule has 2 aromatic rings. The molecular formula is C16H21N5OS. The van der Waals surface area contributed by atoms with Crippen molar-refractivity contribution in [1.29, 1.82) is 0 Å². The van der Waals surface area contributed by atoms with Crippen LogP contribution in [-0.4, -0.2) is 46.2 Å². The van der Waals surface area contributed by atoms with Crippen molar-refractivity contribution in [3.8, 4) is 0 Å². The summed E-state index contributed by atoms with van der Waals surface area (Å²) in [6.45, 7) is 4.11. The first-order valence-electron chi connectivity index (χ1n) is 8.15. The molecule has 3 heterocycles. The summed E-state index contributed by atoms with van der Waals surface area (Å²) < 4.78 is 5.67. The Morgan fingerprint density at radius 1 is 1.30 bits per heavy atom. The summed E-state index contributed by atoms with van der Waals surface area (Å²) in [5.74, 6) is 2.58. The lowest BCUT2D eigenvalue weighted by molar-refractivity contribution is -0.0159. The fourth-order valence-electron chi connectivity index (χ4n) is 2.77. The lowest BCUT2D eigenvalue weighted by Crippen LogP contribution is -2.39. The maximum absolute atomic E-state index is 5.67. The van der Waals surface area contributed by atoms with E-state index in [1.165, 1.54) is 12.8 Å². The molecule has 0 bridgehead atoms.